The van der Waals surface area contributed by atoms with E-state index in [0.717, 1.165) is 0 Å². The largest absolute Gasteiger partial charge is 0.197 e. The zero-order valence-electron chi connectivity index (χ0n) is 2.00. The van der Waals surface area contributed by atoms with Gasteiger partial charge in [0.15, 0.2) is 0 Å². The quantitative estimate of drug-likeness (QED) is 0.487. The summed E-state index contributed by atoms with van der Waals surface area (Å²) in [6.07, 6.45) is 0. The molecule has 0 saturated heterocycles. The maximum Gasteiger partial charge on any atom is -0.0776 e. The Morgan fingerprint density at radius 2 is 0.400 bits per heavy atom. The number of hydrogen-bond acceptors (Lipinski definition) is 0. The molecule has 0 atom stereocenters. The second-order valence-corrected chi connectivity index (χ2v) is 0. The fraction of sp³-hybridized carbons (Fsp3) is 1.00. The summed E-state index contributed by atoms with van der Waals surface area (Å²) in [6.45, 7) is 0. The minimum atomic E-state index is 0. The van der Waals surface area contributed by atoms with Crippen molar-refractivity contribution in [3.05, 3.63) is 0 Å². The Bertz CT molecular complexity index is 3.61. The second-order valence-electron chi connectivity index (χ2n) is 0. The molecule has 0 aromatic rings. The van der Waals surface area contributed by atoms with Gasteiger partial charge < -0.3 is 0 Å². The van der Waals surface area contributed by atoms with Crippen LogP contribution < -0.4 is 0 Å². The van der Waals surface area contributed by atoms with E-state index in [1.165, 1.54) is 0 Å². The van der Waals surface area contributed by atoms with Crippen LogP contribution in [0, 0.1) is 0 Å². The molecular formula is CH12S4. The van der Waals surface area contributed by atoms with Crippen LogP contribution in [0.3, 0.4) is 0 Å². The average Bonchev–Trinajstić information content (AvgIpc) is 0. The molecule has 0 nitrogen and oxygen atoms in total. The van der Waals surface area contributed by atoms with Gasteiger partial charge in [-0.25, -0.2) is 0 Å². The smallest absolute Gasteiger partial charge is 0.0776 e. The summed E-state index contributed by atoms with van der Waals surface area (Å²) in [5, 5.41) is 0. The second kappa shape index (κ2) is 53.3. The normalized spacial score (nSPS) is 0. The molecule has 0 spiro atoms. The first-order valence-electron chi connectivity index (χ1n) is 0. The van der Waals surface area contributed by atoms with Crippen LogP contribution in [0.1, 0.15) is 7.43 Å². The molecule has 0 unspecified atom stereocenters. The molecule has 0 heterocycles. The molecule has 0 amide bonds. The van der Waals surface area contributed by atoms with Gasteiger partial charge in [0.05, 0.1) is 0 Å². The number of hydrogen-bond donors (Lipinski definition) is 0. The Morgan fingerprint density at radius 1 is 0.400 bits per heavy atom. The van der Waals surface area contributed by atoms with Crippen LogP contribution in [0.15, 0.2) is 0 Å². The van der Waals surface area contributed by atoms with Crippen LogP contribution in [-0.4, -0.2) is 0 Å². The predicted octanol–water partition coefficient (Wildman–Crippen LogP) is 1.09. The summed E-state index contributed by atoms with van der Waals surface area (Å²) in [6, 6.07) is 0. The molecule has 5 heavy (non-hydrogen) atoms. The summed E-state index contributed by atoms with van der Waals surface area (Å²) < 4.78 is 0. The highest BCUT2D eigenvalue weighted by atomic mass is 32.1. The van der Waals surface area contributed by atoms with Gasteiger partial charge >= 0.3 is 0 Å². The van der Waals surface area contributed by atoms with Gasteiger partial charge in [0.1, 0.15) is 0 Å². The van der Waals surface area contributed by atoms with Crippen LogP contribution in [0.5, 0.6) is 0 Å². The van der Waals surface area contributed by atoms with Crippen molar-refractivity contribution in [1.82, 2.24) is 0 Å². The molecule has 0 fully saturated rings. The lowest BCUT2D eigenvalue weighted by molar-refractivity contribution is 2.50. The summed E-state index contributed by atoms with van der Waals surface area (Å²) in [4.78, 5) is 0. The minimum Gasteiger partial charge on any atom is -0.197 e. The molecule has 0 aromatic heterocycles. The van der Waals surface area contributed by atoms with Crippen molar-refractivity contribution in [2.24, 2.45) is 0 Å². The monoisotopic (exact) mass is 152 g/mol. The lowest BCUT2D eigenvalue weighted by atomic mass is 12.0. The lowest BCUT2D eigenvalue weighted by Crippen LogP contribution is 0.144. The van der Waals surface area contributed by atoms with E-state index in [-0.39, 0.29) is 61.4 Å². The van der Waals surface area contributed by atoms with E-state index in [2.05, 4.69) is 0 Å². The highest BCUT2D eigenvalue weighted by Gasteiger charge is -0.0775. The first-order valence-corrected chi connectivity index (χ1v) is 0. The predicted molar refractivity (Wildman–Crippen MR) is 48.3 cm³/mol. The van der Waals surface area contributed by atoms with E-state index in [1.54, 1.807) is 0 Å². The Morgan fingerprint density at radius 3 is 0.400 bits per heavy atom. The zero-order valence-corrected chi connectivity index (χ0v) is 6.00. The van der Waals surface area contributed by atoms with E-state index in [9.17, 15) is 0 Å². The minimum absolute atomic E-state index is 0. The fourth-order valence-electron chi connectivity index (χ4n) is 0. The van der Waals surface area contributed by atoms with Crippen LogP contribution in [0.4, 0.5) is 0 Å². The van der Waals surface area contributed by atoms with Gasteiger partial charge in [-0.05, 0) is 0 Å². The van der Waals surface area contributed by atoms with Crippen molar-refractivity contribution in [2.75, 3.05) is 0 Å². The maximum atomic E-state index is 0. The summed E-state index contributed by atoms with van der Waals surface area (Å²) in [5.41, 5.74) is 0. The van der Waals surface area contributed by atoms with Crippen molar-refractivity contribution < 1.29 is 0 Å². The Kier molecular flexibility index (Phi) is 1020. The standard InChI is InChI=1S/CH4.4H2S/h1H4;4*1H2. The molecule has 0 N–H and O–H groups in total. The first kappa shape index (κ1) is 95.2. The van der Waals surface area contributed by atoms with Gasteiger partial charge in [-0.1, -0.05) is 7.43 Å². The van der Waals surface area contributed by atoms with Crippen molar-refractivity contribution >= 4 is 54.0 Å². The molecule has 0 bridgehead atoms. The fourth-order valence-corrected chi connectivity index (χ4v) is 0. The van der Waals surface area contributed by atoms with Gasteiger partial charge in [-0.3, -0.25) is 0 Å². The third-order valence-electron chi connectivity index (χ3n) is 0. The molecule has 0 aliphatic rings. The van der Waals surface area contributed by atoms with Gasteiger partial charge in [0, 0.05) is 0 Å². The van der Waals surface area contributed by atoms with E-state index in [0.29, 0.717) is 0 Å². The number of rotatable bonds is 0. The van der Waals surface area contributed by atoms with Crippen LogP contribution in [-0.2, 0) is 0 Å². The molecule has 0 aromatic carbocycles. The molecule has 0 radical (unpaired) electrons. The van der Waals surface area contributed by atoms with Crippen molar-refractivity contribution in [1.29, 1.82) is 0 Å². The van der Waals surface area contributed by atoms with Gasteiger partial charge in [0.25, 0.3) is 0 Å². The summed E-state index contributed by atoms with van der Waals surface area (Å²) >= 11 is 0. The zero-order chi connectivity index (χ0) is 0. The van der Waals surface area contributed by atoms with E-state index < -0.39 is 0 Å². The maximum absolute atomic E-state index is 0. The van der Waals surface area contributed by atoms with Crippen molar-refractivity contribution in [2.45, 2.75) is 7.43 Å². The Labute approximate surface area is 61.5 Å². The van der Waals surface area contributed by atoms with Crippen LogP contribution >= 0.6 is 54.0 Å². The van der Waals surface area contributed by atoms with Crippen LogP contribution in [0.2, 0.25) is 0 Å². The SMILES string of the molecule is C.S.S.S.S. The Balaban J connectivity index is 0. The summed E-state index contributed by atoms with van der Waals surface area (Å²) in [7, 11) is 0. The summed E-state index contributed by atoms with van der Waals surface area (Å²) in [5.74, 6) is 0. The molecular weight excluding hydrogens is 140 g/mol. The van der Waals surface area contributed by atoms with Gasteiger partial charge in [0.2, 0.25) is 0 Å². The van der Waals surface area contributed by atoms with E-state index >= 15 is 0 Å². The van der Waals surface area contributed by atoms with Crippen LogP contribution in [0.25, 0.3) is 0 Å². The van der Waals surface area contributed by atoms with E-state index in [1.807, 2.05) is 0 Å². The molecule has 0 rings (SSSR count). The van der Waals surface area contributed by atoms with Crippen molar-refractivity contribution in [3.63, 3.8) is 0 Å². The highest BCUT2D eigenvalue weighted by molar-refractivity contribution is 7.59. The average molecular weight is 152 g/mol. The topological polar surface area (TPSA) is 0 Å². The highest BCUT2D eigenvalue weighted by Crippen LogP contribution is 0.651. The molecule has 0 saturated carbocycles. The molecule has 40 valence electrons. The third-order valence-corrected chi connectivity index (χ3v) is 0. The van der Waals surface area contributed by atoms with Gasteiger partial charge in [-0.2, -0.15) is 54.0 Å². The van der Waals surface area contributed by atoms with Gasteiger partial charge in [-0.15, -0.1) is 0 Å². The molecule has 4 heteroatoms. The Hall–Kier alpha value is 1.40. The van der Waals surface area contributed by atoms with E-state index in [4.69, 9.17) is 0 Å². The third kappa shape index (κ3) is 31.8. The first-order chi connectivity index (χ1) is 0. The lowest BCUT2D eigenvalue weighted by Gasteiger charge is -0.198. The van der Waals surface area contributed by atoms with Crippen molar-refractivity contribution in [3.8, 4) is 0 Å². The molecule has 0 aliphatic carbocycles. The molecule has 0 aliphatic heterocycles.